The summed E-state index contributed by atoms with van der Waals surface area (Å²) in [5.41, 5.74) is 4.05. The maximum Gasteiger partial charge on any atom is 0.326 e. The van der Waals surface area contributed by atoms with Crippen LogP contribution in [-0.2, 0) is 4.79 Å². The van der Waals surface area contributed by atoms with Gasteiger partial charge in [0.25, 0.3) is 5.91 Å². The molecule has 1 aromatic carbocycles. The number of halogens is 1. The smallest absolute Gasteiger partial charge is 0.326 e. The van der Waals surface area contributed by atoms with Crippen LogP contribution in [0.1, 0.15) is 31.9 Å². The Balaban J connectivity index is 2.10. The number of anilines is 1. The zero-order chi connectivity index (χ0) is 16.9. The molecule has 0 atom stereocenters. The topological polar surface area (TPSA) is 61.4 Å². The van der Waals surface area contributed by atoms with Gasteiger partial charge in [-0.05, 0) is 50.1 Å². The average molecular weight is 332 g/mol. The van der Waals surface area contributed by atoms with Crippen LogP contribution in [0.25, 0.3) is 11.6 Å². The van der Waals surface area contributed by atoms with Crippen LogP contribution in [0.2, 0.25) is 5.02 Å². The minimum Gasteiger partial charge on any atom is -0.365 e. The number of nitrogens with zero attached hydrogens (tertiary/aromatic N) is 1. The van der Waals surface area contributed by atoms with Crippen LogP contribution >= 0.6 is 11.6 Å². The molecule has 0 radical (unpaired) electrons. The van der Waals surface area contributed by atoms with E-state index >= 15 is 0 Å². The molecule has 5 nitrogen and oxygen atoms in total. The number of fused-ring (bicyclic) bond motifs is 1. The fraction of sp³-hybridized carbons (Fsp3) is 0.294. The van der Waals surface area contributed by atoms with E-state index in [1.807, 2.05) is 19.2 Å². The van der Waals surface area contributed by atoms with Gasteiger partial charge in [-0.15, -0.1) is 0 Å². The first kappa shape index (κ1) is 15.6. The monoisotopic (exact) mass is 331 g/mol. The number of benzene rings is 1. The number of amides is 3. The molecular formula is C17H18ClN3O2. The fourth-order valence-corrected chi connectivity index (χ4v) is 3.15. The van der Waals surface area contributed by atoms with E-state index in [1.165, 1.54) is 0 Å². The molecule has 3 rings (SSSR count). The van der Waals surface area contributed by atoms with Gasteiger partial charge in [-0.3, -0.25) is 10.1 Å². The zero-order valence-corrected chi connectivity index (χ0v) is 14.2. The molecule has 6 heteroatoms. The Morgan fingerprint density at radius 3 is 2.52 bits per heavy atom. The minimum absolute atomic E-state index is 0.0975. The second kappa shape index (κ2) is 5.13. The van der Waals surface area contributed by atoms with Crippen molar-refractivity contribution < 1.29 is 9.59 Å². The van der Waals surface area contributed by atoms with Crippen molar-refractivity contribution in [3.63, 3.8) is 0 Å². The normalized spacial score (nSPS) is 21.0. The number of rotatable bonds is 1. The fourth-order valence-electron chi connectivity index (χ4n) is 2.94. The summed E-state index contributed by atoms with van der Waals surface area (Å²) in [7, 11) is 2.03. The Labute approximate surface area is 140 Å². The lowest BCUT2D eigenvalue weighted by molar-refractivity contribution is -0.115. The molecular weight excluding hydrogens is 314 g/mol. The van der Waals surface area contributed by atoms with Crippen LogP contribution in [0, 0.1) is 0 Å². The highest BCUT2D eigenvalue weighted by molar-refractivity contribution is 6.32. The summed E-state index contributed by atoms with van der Waals surface area (Å²) >= 11 is 6.39. The lowest BCUT2D eigenvalue weighted by Crippen LogP contribution is -2.42. The quantitative estimate of drug-likeness (QED) is 0.614. The Morgan fingerprint density at radius 1 is 1.22 bits per heavy atom. The average Bonchev–Trinajstić information content (AvgIpc) is 2.76. The van der Waals surface area contributed by atoms with Gasteiger partial charge in [0.1, 0.15) is 5.70 Å². The van der Waals surface area contributed by atoms with E-state index in [1.54, 1.807) is 6.08 Å². The van der Waals surface area contributed by atoms with Gasteiger partial charge < -0.3 is 10.2 Å². The molecule has 0 unspecified atom stereocenters. The first-order chi connectivity index (χ1) is 10.7. The van der Waals surface area contributed by atoms with Gasteiger partial charge in [0, 0.05) is 23.3 Å². The molecule has 0 spiro atoms. The summed E-state index contributed by atoms with van der Waals surface area (Å²) < 4.78 is 0. The molecule has 2 heterocycles. The van der Waals surface area contributed by atoms with Crippen LogP contribution in [0.15, 0.2) is 23.9 Å². The molecule has 1 fully saturated rings. The Hall–Kier alpha value is -2.27. The van der Waals surface area contributed by atoms with E-state index < -0.39 is 11.9 Å². The third-order valence-electron chi connectivity index (χ3n) is 4.36. The SMILES string of the molecule is CC1=CC(C)(C)N(C)c2cc(Cl)c(/C=C3/NC(=O)NC3=O)cc21. The Kier molecular flexibility index (Phi) is 3.48. The number of likely N-dealkylation sites (N-methyl/N-ethyl adjacent to an activating group) is 1. The van der Waals surface area contributed by atoms with Crippen LogP contribution in [0.4, 0.5) is 10.5 Å². The molecule has 2 N–H and O–H groups in total. The van der Waals surface area contributed by atoms with E-state index in [4.69, 9.17) is 11.6 Å². The molecule has 120 valence electrons. The van der Waals surface area contributed by atoms with Gasteiger partial charge in [0.05, 0.1) is 5.54 Å². The molecule has 0 bridgehead atoms. The highest BCUT2D eigenvalue weighted by atomic mass is 35.5. The minimum atomic E-state index is -0.520. The summed E-state index contributed by atoms with van der Waals surface area (Å²) in [4.78, 5) is 25.0. The van der Waals surface area contributed by atoms with Gasteiger partial charge in [-0.1, -0.05) is 17.7 Å². The van der Waals surface area contributed by atoms with E-state index in [0.717, 1.165) is 16.8 Å². The standard InChI is InChI=1S/C17H18ClN3O2/c1-9-8-17(2,3)21(4)14-7-12(18)10(5-11(9)14)6-13-15(22)20-16(23)19-13/h5-8H,1-4H3,(H2,19,20,22,23)/b13-6+. The number of hydrogen-bond donors (Lipinski definition) is 2. The van der Waals surface area contributed by atoms with Crippen molar-refractivity contribution in [3.8, 4) is 0 Å². The molecule has 0 aliphatic carbocycles. The van der Waals surface area contributed by atoms with Crippen LogP contribution in [0.3, 0.4) is 0 Å². The van der Waals surface area contributed by atoms with Crippen molar-refractivity contribution in [1.82, 2.24) is 10.6 Å². The first-order valence-corrected chi connectivity index (χ1v) is 7.68. The van der Waals surface area contributed by atoms with Crippen molar-refractivity contribution in [3.05, 3.63) is 40.1 Å². The van der Waals surface area contributed by atoms with Crippen LogP contribution in [-0.4, -0.2) is 24.5 Å². The van der Waals surface area contributed by atoms with Gasteiger partial charge in [-0.25, -0.2) is 4.79 Å². The summed E-state index contributed by atoms with van der Waals surface area (Å²) in [5, 5.41) is 5.18. The van der Waals surface area contributed by atoms with Crippen molar-refractivity contribution in [2.45, 2.75) is 26.3 Å². The van der Waals surface area contributed by atoms with Gasteiger partial charge in [-0.2, -0.15) is 0 Å². The first-order valence-electron chi connectivity index (χ1n) is 7.30. The summed E-state index contributed by atoms with van der Waals surface area (Å²) in [6, 6.07) is 3.32. The van der Waals surface area contributed by atoms with E-state index in [2.05, 4.69) is 42.4 Å². The maximum atomic E-state index is 11.7. The highest BCUT2D eigenvalue weighted by Crippen LogP contribution is 2.40. The molecule has 3 amide bonds. The molecule has 2 aliphatic rings. The van der Waals surface area contributed by atoms with Crippen molar-refractivity contribution in [2.24, 2.45) is 0 Å². The Morgan fingerprint density at radius 2 is 1.91 bits per heavy atom. The number of imide groups is 1. The molecule has 0 saturated carbocycles. The third-order valence-corrected chi connectivity index (χ3v) is 4.68. The number of urea groups is 1. The van der Waals surface area contributed by atoms with Gasteiger partial charge in [0.2, 0.25) is 0 Å². The Bertz CT molecular complexity index is 793. The molecule has 1 saturated heterocycles. The number of nitrogens with one attached hydrogen (secondary N) is 2. The summed E-state index contributed by atoms with van der Waals surface area (Å²) in [6.45, 7) is 6.34. The number of carbonyl (C=O) groups is 2. The van der Waals surface area contributed by atoms with Crippen LogP contribution < -0.4 is 15.5 Å². The largest absolute Gasteiger partial charge is 0.365 e. The summed E-state index contributed by atoms with van der Waals surface area (Å²) in [5.74, 6) is -0.450. The summed E-state index contributed by atoms with van der Waals surface area (Å²) in [6.07, 6.45) is 3.79. The highest BCUT2D eigenvalue weighted by Gasteiger charge is 2.29. The van der Waals surface area contributed by atoms with Crippen molar-refractivity contribution in [1.29, 1.82) is 0 Å². The molecule has 1 aromatic rings. The predicted octanol–water partition coefficient (Wildman–Crippen LogP) is 3.15. The molecule has 23 heavy (non-hydrogen) atoms. The molecule has 0 aromatic heterocycles. The molecule has 2 aliphatic heterocycles. The third kappa shape index (κ3) is 2.61. The van der Waals surface area contributed by atoms with Gasteiger partial charge in [0.15, 0.2) is 0 Å². The zero-order valence-electron chi connectivity index (χ0n) is 13.5. The maximum absolute atomic E-state index is 11.7. The van der Waals surface area contributed by atoms with Crippen molar-refractivity contribution in [2.75, 3.05) is 11.9 Å². The van der Waals surface area contributed by atoms with Crippen molar-refractivity contribution >= 4 is 40.9 Å². The van der Waals surface area contributed by atoms with Gasteiger partial charge >= 0.3 is 6.03 Å². The van der Waals surface area contributed by atoms with E-state index in [9.17, 15) is 9.59 Å². The number of hydrogen-bond acceptors (Lipinski definition) is 3. The lowest BCUT2D eigenvalue weighted by Gasteiger charge is -2.40. The van der Waals surface area contributed by atoms with E-state index in [0.29, 0.717) is 10.6 Å². The second-order valence-corrected chi connectivity index (χ2v) is 6.80. The lowest BCUT2D eigenvalue weighted by atomic mass is 9.88. The van der Waals surface area contributed by atoms with E-state index in [-0.39, 0.29) is 11.2 Å². The van der Waals surface area contributed by atoms with Crippen LogP contribution in [0.5, 0.6) is 0 Å². The predicted molar refractivity (Wildman–Crippen MR) is 92.2 cm³/mol. The second-order valence-electron chi connectivity index (χ2n) is 6.40. The number of allylic oxidation sites excluding steroid dienone is 1. The number of carbonyl (C=O) groups excluding carboxylic acids is 2.